The van der Waals surface area contributed by atoms with Crippen molar-refractivity contribution in [3.8, 4) is 0 Å². The van der Waals surface area contributed by atoms with Crippen LogP contribution in [0.2, 0.25) is 0 Å². The maximum atomic E-state index is 12.6. The summed E-state index contributed by atoms with van der Waals surface area (Å²) in [5.41, 5.74) is 3.16. The number of ether oxygens (including phenoxy) is 2. The first kappa shape index (κ1) is 31.4. The predicted octanol–water partition coefficient (Wildman–Crippen LogP) is 6.48. The first-order valence-electron chi connectivity index (χ1n) is 14.4. The molecule has 1 aliphatic rings. The second-order valence-electron chi connectivity index (χ2n) is 11.6. The van der Waals surface area contributed by atoms with Crippen molar-refractivity contribution in [2.24, 2.45) is 0 Å². The van der Waals surface area contributed by atoms with E-state index < -0.39 is 9.84 Å². The third-order valence-electron chi connectivity index (χ3n) is 7.28. The molecular weight excluding hydrogens is 546 g/mol. The molecule has 6 nitrogen and oxygen atoms in total. The minimum atomic E-state index is -3.27. The van der Waals surface area contributed by atoms with Gasteiger partial charge in [0, 0.05) is 12.5 Å². The summed E-state index contributed by atoms with van der Waals surface area (Å²) >= 11 is 0. The molecular formula is C35H41NO5S. The molecule has 0 bridgehead atoms. The van der Waals surface area contributed by atoms with Gasteiger partial charge in [-0.3, -0.25) is 4.79 Å². The molecule has 2 atom stereocenters. The van der Waals surface area contributed by atoms with Crippen LogP contribution in [0.1, 0.15) is 49.8 Å². The van der Waals surface area contributed by atoms with E-state index in [4.69, 9.17) is 4.74 Å². The van der Waals surface area contributed by atoms with Crippen molar-refractivity contribution in [2.75, 3.05) is 18.8 Å². The lowest BCUT2D eigenvalue weighted by Gasteiger charge is -2.32. The van der Waals surface area contributed by atoms with Gasteiger partial charge in [-0.15, -0.1) is 0 Å². The monoisotopic (exact) mass is 587 g/mol. The van der Waals surface area contributed by atoms with Crippen LogP contribution < -0.4 is 5.32 Å². The van der Waals surface area contributed by atoms with Gasteiger partial charge >= 0.3 is 0 Å². The molecule has 42 heavy (non-hydrogen) atoms. The molecule has 0 saturated carbocycles. The lowest BCUT2D eigenvalue weighted by atomic mass is 9.87. The van der Waals surface area contributed by atoms with Crippen molar-refractivity contribution in [3.63, 3.8) is 0 Å². The van der Waals surface area contributed by atoms with E-state index in [-0.39, 0.29) is 17.5 Å². The van der Waals surface area contributed by atoms with Crippen molar-refractivity contribution in [1.29, 1.82) is 0 Å². The minimum Gasteiger partial charge on any atom is -0.462 e. The molecule has 0 spiro atoms. The third kappa shape index (κ3) is 9.24. The van der Waals surface area contributed by atoms with Gasteiger partial charge in [0.05, 0.1) is 23.4 Å². The summed E-state index contributed by atoms with van der Waals surface area (Å²) in [6.45, 7) is 8.31. The van der Waals surface area contributed by atoms with Crippen LogP contribution in [0.25, 0.3) is 10.8 Å². The Morgan fingerprint density at radius 3 is 2.19 bits per heavy atom. The van der Waals surface area contributed by atoms with Gasteiger partial charge in [0.15, 0.2) is 9.84 Å². The maximum absolute atomic E-state index is 12.6. The number of benzene rings is 4. The smallest absolute Gasteiger partial charge is 0.293 e. The van der Waals surface area contributed by atoms with Crippen molar-refractivity contribution >= 4 is 27.1 Å². The fourth-order valence-electron chi connectivity index (χ4n) is 4.99. The number of hydrogen-bond donors (Lipinski definition) is 1. The normalized spacial score (nSPS) is 17.2. The first-order chi connectivity index (χ1) is 20.1. The third-order valence-corrected chi connectivity index (χ3v) is 9.01. The number of carbonyl (C=O) groups excluding carboxylic acids is 1. The quantitative estimate of drug-likeness (QED) is 0.226. The lowest BCUT2D eigenvalue weighted by Crippen LogP contribution is -2.40. The number of carbonyl (C=O) groups is 1. The second kappa shape index (κ2) is 14.6. The van der Waals surface area contributed by atoms with Crippen LogP contribution in [-0.2, 0) is 37.1 Å². The molecule has 222 valence electrons. The lowest BCUT2D eigenvalue weighted by molar-refractivity contribution is -0.138. The molecule has 0 radical (unpaired) electrons. The Bertz CT molecular complexity index is 1530. The molecule has 1 saturated heterocycles. The van der Waals surface area contributed by atoms with Gasteiger partial charge in [-0.1, -0.05) is 78.9 Å². The first-order valence-corrected chi connectivity index (χ1v) is 16.1. The Labute approximate surface area is 250 Å². The summed E-state index contributed by atoms with van der Waals surface area (Å²) in [5.74, 6) is 0.431. The fourth-order valence-corrected chi connectivity index (χ4v) is 6.30. The zero-order valence-corrected chi connectivity index (χ0v) is 25.5. The molecule has 0 aromatic heterocycles. The average Bonchev–Trinajstić information content (AvgIpc) is 2.99. The minimum absolute atomic E-state index is 0.0968. The van der Waals surface area contributed by atoms with Crippen LogP contribution >= 0.6 is 0 Å². The van der Waals surface area contributed by atoms with Crippen LogP contribution in [-0.4, -0.2) is 45.4 Å². The Balaban J connectivity index is 0.000000517. The highest BCUT2D eigenvalue weighted by Crippen LogP contribution is 2.29. The second-order valence-corrected chi connectivity index (χ2v) is 13.7. The van der Waals surface area contributed by atoms with Crippen LogP contribution in [0.3, 0.4) is 0 Å². The van der Waals surface area contributed by atoms with Crippen molar-refractivity contribution in [1.82, 2.24) is 5.32 Å². The number of sulfone groups is 1. The Hall–Kier alpha value is -3.52. The van der Waals surface area contributed by atoms with E-state index in [2.05, 4.69) is 76.8 Å². The molecule has 4 aromatic carbocycles. The van der Waals surface area contributed by atoms with E-state index >= 15 is 0 Å². The van der Waals surface area contributed by atoms with Gasteiger partial charge in [-0.2, -0.15) is 0 Å². The standard InChI is InChI=1S/C30H31NO3S.C5H10O2/c32-35(33,28-8-2-1-3-9-28)19-17-23-10-14-26(15-11-23)29-16-18-31-21-30(29)34-22-24-12-13-25-6-4-5-7-27(25)20-24;1-5(2,3)7-4-6/h1-15,20,29-31H,16-19,21-22H2;4H,1-3H3. The summed E-state index contributed by atoms with van der Waals surface area (Å²) < 4.78 is 36.2. The molecule has 1 N–H and O–H groups in total. The number of hydrogen-bond acceptors (Lipinski definition) is 6. The van der Waals surface area contributed by atoms with Crippen molar-refractivity contribution < 1.29 is 22.7 Å². The van der Waals surface area contributed by atoms with Crippen LogP contribution in [0, 0.1) is 0 Å². The number of fused-ring (bicyclic) bond motifs is 1. The van der Waals surface area contributed by atoms with E-state index in [1.807, 2.05) is 26.8 Å². The fraction of sp³-hybridized carbons (Fsp3) is 0.343. The summed E-state index contributed by atoms with van der Waals surface area (Å²) in [6, 6.07) is 32.0. The Morgan fingerprint density at radius 1 is 0.857 bits per heavy atom. The predicted molar refractivity (Wildman–Crippen MR) is 168 cm³/mol. The van der Waals surface area contributed by atoms with Gasteiger partial charge in [-0.25, -0.2) is 8.42 Å². The van der Waals surface area contributed by atoms with Gasteiger partial charge < -0.3 is 14.8 Å². The van der Waals surface area contributed by atoms with E-state index in [9.17, 15) is 13.2 Å². The summed E-state index contributed by atoms with van der Waals surface area (Å²) in [4.78, 5) is 9.99. The highest BCUT2D eigenvalue weighted by Gasteiger charge is 2.27. The number of piperidine rings is 1. The summed E-state index contributed by atoms with van der Waals surface area (Å²) in [6.07, 6.45) is 1.62. The molecule has 0 amide bonds. The summed E-state index contributed by atoms with van der Waals surface area (Å²) in [5, 5.41) is 5.95. The highest BCUT2D eigenvalue weighted by atomic mass is 32.2. The van der Waals surface area contributed by atoms with E-state index in [1.165, 1.54) is 21.9 Å². The topological polar surface area (TPSA) is 81.7 Å². The van der Waals surface area contributed by atoms with Crippen molar-refractivity contribution in [2.45, 2.75) is 62.7 Å². The molecule has 1 aliphatic heterocycles. The number of nitrogens with one attached hydrogen (secondary N) is 1. The molecule has 5 rings (SSSR count). The van der Waals surface area contributed by atoms with Gasteiger partial charge in [0.2, 0.25) is 0 Å². The van der Waals surface area contributed by atoms with Gasteiger partial charge in [0.1, 0.15) is 5.60 Å². The van der Waals surface area contributed by atoms with Crippen LogP contribution in [0.5, 0.6) is 0 Å². The van der Waals surface area contributed by atoms with E-state index in [0.717, 1.165) is 25.1 Å². The average molecular weight is 588 g/mol. The van der Waals surface area contributed by atoms with Crippen LogP contribution in [0.4, 0.5) is 0 Å². The molecule has 1 fully saturated rings. The molecule has 1 heterocycles. The number of rotatable bonds is 9. The maximum Gasteiger partial charge on any atom is 0.293 e. The number of aryl methyl sites for hydroxylation is 1. The zero-order valence-electron chi connectivity index (χ0n) is 24.7. The van der Waals surface area contributed by atoms with E-state index in [1.54, 1.807) is 24.3 Å². The molecule has 0 aliphatic carbocycles. The highest BCUT2D eigenvalue weighted by molar-refractivity contribution is 7.91. The van der Waals surface area contributed by atoms with E-state index in [0.29, 0.717) is 30.3 Å². The summed E-state index contributed by atoms with van der Waals surface area (Å²) in [7, 11) is -3.27. The molecule has 4 aromatic rings. The largest absolute Gasteiger partial charge is 0.462 e. The van der Waals surface area contributed by atoms with Crippen LogP contribution in [0.15, 0.2) is 102 Å². The van der Waals surface area contributed by atoms with Gasteiger partial charge in [-0.05, 0) is 85.8 Å². The molecule has 2 unspecified atom stereocenters. The van der Waals surface area contributed by atoms with Crippen molar-refractivity contribution in [3.05, 3.63) is 114 Å². The zero-order chi connectivity index (χ0) is 30.0. The SMILES string of the molecule is CC(C)(C)OC=O.O=S(=O)(CCc1ccc(C2CCNCC2OCc2ccc3ccccc3c2)cc1)c1ccccc1. The van der Waals surface area contributed by atoms with Gasteiger partial charge in [0.25, 0.3) is 6.47 Å². The Morgan fingerprint density at radius 2 is 1.52 bits per heavy atom. The molecule has 7 heteroatoms. The Kier molecular flexibility index (Phi) is 10.9.